The van der Waals surface area contributed by atoms with E-state index in [-0.39, 0.29) is 5.78 Å². The SMILES string of the molecule is COCCCC(=O)c1cccc(Cl)c1. The normalized spacial score (nSPS) is 10.1. The molecule has 0 amide bonds. The Labute approximate surface area is 88.8 Å². The number of halogens is 1. The summed E-state index contributed by atoms with van der Waals surface area (Å²) in [6.45, 7) is 0.617. The van der Waals surface area contributed by atoms with Gasteiger partial charge in [-0.2, -0.15) is 0 Å². The van der Waals surface area contributed by atoms with Gasteiger partial charge in [-0.3, -0.25) is 4.79 Å². The van der Waals surface area contributed by atoms with E-state index < -0.39 is 0 Å². The monoisotopic (exact) mass is 212 g/mol. The maximum atomic E-state index is 11.6. The smallest absolute Gasteiger partial charge is 0.163 e. The number of hydrogen-bond donors (Lipinski definition) is 0. The van der Waals surface area contributed by atoms with Crippen LogP contribution in [0.2, 0.25) is 5.02 Å². The average Bonchev–Trinajstić information content (AvgIpc) is 2.18. The van der Waals surface area contributed by atoms with Crippen LogP contribution in [0.1, 0.15) is 23.2 Å². The van der Waals surface area contributed by atoms with Gasteiger partial charge >= 0.3 is 0 Å². The molecule has 1 rings (SSSR count). The number of carbonyl (C=O) groups is 1. The van der Waals surface area contributed by atoms with Crippen LogP contribution in [-0.2, 0) is 4.74 Å². The number of hydrogen-bond acceptors (Lipinski definition) is 2. The summed E-state index contributed by atoms with van der Waals surface area (Å²) < 4.78 is 4.87. The van der Waals surface area contributed by atoms with Gasteiger partial charge in [-0.25, -0.2) is 0 Å². The van der Waals surface area contributed by atoms with Crippen LogP contribution in [0.5, 0.6) is 0 Å². The molecule has 0 saturated carbocycles. The number of ketones is 1. The molecule has 1 aromatic rings. The van der Waals surface area contributed by atoms with E-state index in [1.807, 2.05) is 0 Å². The number of benzene rings is 1. The van der Waals surface area contributed by atoms with Crippen LogP contribution < -0.4 is 0 Å². The molecule has 0 aliphatic rings. The molecule has 0 N–H and O–H groups in total. The standard InChI is InChI=1S/C11H13ClO2/c1-14-7-3-6-11(13)9-4-2-5-10(12)8-9/h2,4-5,8H,3,6-7H2,1H3. The van der Waals surface area contributed by atoms with E-state index in [1.54, 1.807) is 31.4 Å². The Morgan fingerprint density at radius 1 is 1.50 bits per heavy atom. The highest BCUT2D eigenvalue weighted by molar-refractivity contribution is 6.31. The first-order chi connectivity index (χ1) is 6.74. The maximum Gasteiger partial charge on any atom is 0.163 e. The second kappa shape index (κ2) is 5.78. The van der Waals surface area contributed by atoms with E-state index >= 15 is 0 Å². The van der Waals surface area contributed by atoms with Gasteiger partial charge in [-0.05, 0) is 18.6 Å². The molecule has 3 heteroatoms. The van der Waals surface area contributed by atoms with Gasteiger partial charge in [0.05, 0.1) is 0 Å². The number of Topliss-reactive ketones (excluding diaryl/α,β-unsaturated/α-hetero) is 1. The maximum absolute atomic E-state index is 11.6. The summed E-state index contributed by atoms with van der Waals surface area (Å²) in [5.41, 5.74) is 0.675. The van der Waals surface area contributed by atoms with Crippen molar-refractivity contribution >= 4 is 17.4 Å². The third-order valence-electron chi connectivity index (χ3n) is 1.90. The number of methoxy groups -OCH3 is 1. The van der Waals surface area contributed by atoms with Crippen molar-refractivity contribution in [3.63, 3.8) is 0 Å². The molecular weight excluding hydrogens is 200 g/mol. The molecule has 0 fully saturated rings. The topological polar surface area (TPSA) is 26.3 Å². The minimum absolute atomic E-state index is 0.115. The lowest BCUT2D eigenvalue weighted by Crippen LogP contribution is -2.00. The summed E-state index contributed by atoms with van der Waals surface area (Å²) >= 11 is 5.77. The zero-order valence-corrected chi connectivity index (χ0v) is 8.88. The van der Waals surface area contributed by atoms with Crippen LogP contribution in [0.3, 0.4) is 0 Å². The predicted molar refractivity (Wildman–Crippen MR) is 56.9 cm³/mol. The highest BCUT2D eigenvalue weighted by Crippen LogP contribution is 2.12. The molecule has 76 valence electrons. The van der Waals surface area contributed by atoms with Crippen molar-refractivity contribution < 1.29 is 9.53 Å². The van der Waals surface area contributed by atoms with Crippen molar-refractivity contribution in [3.8, 4) is 0 Å². The molecule has 1 aromatic carbocycles. The van der Waals surface area contributed by atoms with Crippen LogP contribution >= 0.6 is 11.6 Å². The summed E-state index contributed by atoms with van der Waals surface area (Å²) in [6.07, 6.45) is 1.26. The van der Waals surface area contributed by atoms with Crippen LogP contribution in [0, 0.1) is 0 Å². The van der Waals surface area contributed by atoms with Gasteiger partial charge in [-0.15, -0.1) is 0 Å². The molecular formula is C11H13ClO2. The van der Waals surface area contributed by atoms with Crippen LogP contribution in [0.25, 0.3) is 0 Å². The van der Waals surface area contributed by atoms with Crippen molar-refractivity contribution in [2.45, 2.75) is 12.8 Å². The van der Waals surface area contributed by atoms with E-state index in [1.165, 1.54) is 0 Å². The molecule has 14 heavy (non-hydrogen) atoms. The van der Waals surface area contributed by atoms with E-state index in [9.17, 15) is 4.79 Å². The van der Waals surface area contributed by atoms with Crippen molar-refractivity contribution in [1.29, 1.82) is 0 Å². The molecule has 0 aliphatic heterocycles. The molecule has 0 bridgehead atoms. The average molecular weight is 213 g/mol. The predicted octanol–water partition coefficient (Wildman–Crippen LogP) is 2.95. The number of ether oxygens (including phenoxy) is 1. The van der Waals surface area contributed by atoms with Crippen LogP contribution in [0.15, 0.2) is 24.3 Å². The number of carbonyl (C=O) groups excluding carboxylic acids is 1. The van der Waals surface area contributed by atoms with Gasteiger partial charge in [0.15, 0.2) is 5.78 Å². The quantitative estimate of drug-likeness (QED) is 0.554. The lowest BCUT2D eigenvalue weighted by molar-refractivity contribution is 0.0963. The highest BCUT2D eigenvalue weighted by atomic mass is 35.5. The largest absolute Gasteiger partial charge is 0.385 e. The number of rotatable bonds is 5. The summed E-state index contributed by atoms with van der Waals surface area (Å²) in [5.74, 6) is 0.115. The second-order valence-electron chi connectivity index (χ2n) is 3.03. The molecule has 0 unspecified atom stereocenters. The fourth-order valence-electron chi connectivity index (χ4n) is 1.18. The summed E-state index contributed by atoms with van der Waals surface area (Å²) in [5, 5.41) is 0.600. The summed E-state index contributed by atoms with van der Waals surface area (Å²) in [6, 6.07) is 7.01. The van der Waals surface area contributed by atoms with E-state index in [4.69, 9.17) is 16.3 Å². The zero-order chi connectivity index (χ0) is 10.4. The molecule has 0 saturated heterocycles. The van der Waals surface area contributed by atoms with Gasteiger partial charge in [0.2, 0.25) is 0 Å². The molecule has 2 nitrogen and oxygen atoms in total. The minimum atomic E-state index is 0.115. The van der Waals surface area contributed by atoms with E-state index in [2.05, 4.69) is 0 Å². The first-order valence-corrected chi connectivity index (χ1v) is 4.89. The lowest BCUT2D eigenvalue weighted by Gasteiger charge is -2.00. The first-order valence-electron chi connectivity index (χ1n) is 4.51. The fourth-order valence-corrected chi connectivity index (χ4v) is 1.37. The lowest BCUT2D eigenvalue weighted by atomic mass is 10.1. The summed E-state index contributed by atoms with van der Waals surface area (Å²) in [4.78, 5) is 11.6. The van der Waals surface area contributed by atoms with E-state index in [0.717, 1.165) is 6.42 Å². The molecule has 0 atom stereocenters. The van der Waals surface area contributed by atoms with Crippen molar-refractivity contribution in [3.05, 3.63) is 34.9 Å². The Morgan fingerprint density at radius 2 is 2.29 bits per heavy atom. The molecule has 0 aliphatic carbocycles. The van der Waals surface area contributed by atoms with Gasteiger partial charge in [0.25, 0.3) is 0 Å². The Morgan fingerprint density at radius 3 is 2.93 bits per heavy atom. The first kappa shape index (κ1) is 11.2. The Bertz CT molecular complexity index is 310. The second-order valence-corrected chi connectivity index (χ2v) is 3.47. The molecule has 0 radical (unpaired) electrons. The van der Waals surface area contributed by atoms with Crippen molar-refractivity contribution in [2.24, 2.45) is 0 Å². The zero-order valence-electron chi connectivity index (χ0n) is 8.13. The highest BCUT2D eigenvalue weighted by Gasteiger charge is 2.05. The molecule has 0 spiro atoms. The Balaban J connectivity index is 2.52. The third kappa shape index (κ3) is 3.48. The van der Waals surface area contributed by atoms with Gasteiger partial charge in [0.1, 0.15) is 0 Å². The van der Waals surface area contributed by atoms with Gasteiger partial charge < -0.3 is 4.74 Å². The third-order valence-corrected chi connectivity index (χ3v) is 2.13. The molecule has 0 heterocycles. The fraction of sp³-hybridized carbons (Fsp3) is 0.364. The Hall–Kier alpha value is -0.860. The minimum Gasteiger partial charge on any atom is -0.385 e. The van der Waals surface area contributed by atoms with E-state index in [0.29, 0.717) is 23.6 Å². The van der Waals surface area contributed by atoms with Crippen LogP contribution in [0.4, 0.5) is 0 Å². The summed E-state index contributed by atoms with van der Waals surface area (Å²) in [7, 11) is 1.63. The van der Waals surface area contributed by atoms with Crippen molar-refractivity contribution in [2.75, 3.05) is 13.7 Å². The van der Waals surface area contributed by atoms with Gasteiger partial charge in [0, 0.05) is 30.7 Å². The van der Waals surface area contributed by atoms with Crippen molar-refractivity contribution in [1.82, 2.24) is 0 Å². The molecule has 0 aromatic heterocycles. The van der Waals surface area contributed by atoms with Crippen LogP contribution in [-0.4, -0.2) is 19.5 Å². The van der Waals surface area contributed by atoms with Gasteiger partial charge in [-0.1, -0.05) is 23.7 Å². The Kier molecular flexibility index (Phi) is 4.63.